The fourth-order valence-electron chi connectivity index (χ4n) is 1.32. The van der Waals surface area contributed by atoms with E-state index in [4.69, 9.17) is 5.11 Å². The Balaban J connectivity index is 2.22. The molecule has 1 aromatic heterocycles. The van der Waals surface area contributed by atoms with Crippen molar-refractivity contribution in [1.29, 1.82) is 0 Å². The van der Waals surface area contributed by atoms with Gasteiger partial charge < -0.3 is 5.11 Å². The van der Waals surface area contributed by atoms with Crippen LogP contribution in [0.25, 0.3) is 0 Å². The molecule has 0 aliphatic heterocycles. The van der Waals surface area contributed by atoms with Crippen molar-refractivity contribution in [2.24, 2.45) is 4.99 Å². The van der Waals surface area contributed by atoms with Gasteiger partial charge in [-0.05, 0) is 24.3 Å². The standard InChI is InChI=1S/C13H10N2O2/c16-13(17)11-4-1-5-12(7-11)15-9-10-3-2-6-14-8-10/h1-9H,(H,16,17). The summed E-state index contributed by atoms with van der Waals surface area (Å²) >= 11 is 0. The van der Waals surface area contributed by atoms with Gasteiger partial charge in [0.05, 0.1) is 11.3 Å². The third-order valence-electron chi connectivity index (χ3n) is 2.14. The molecule has 0 bridgehead atoms. The first-order valence-electron chi connectivity index (χ1n) is 5.03. The van der Waals surface area contributed by atoms with Gasteiger partial charge in [0, 0.05) is 24.2 Å². The summed E-state index contributed by atoms with van der Waals surface area (Å²) in [5.74, 6) is -0.955. The first-order chi connectivity index (χ1) is 8.25. The molecule has 0 spiro atoms. The fraction of sp³-hybridized carbons (Fsp3) is 0. The number of benzene rings is 1. The van der Waals surface area contributed by atoms with Gasteiger partial charge in [0.2, 0.25) is 0 Å². The van der Waals surface area contributed by atoms with Crippen LogP contribution in [0.1, 0.15) is 15.9 Å². The number of carboxylic acid groups (broad SMARTS) is 1. The number of aromatic nitrogens is 1. The third kappa shape index (κ3) is 2.98. The molecular weight excluding hydrogens is 216 g/mol. The Morgan fingerprint density at radius 3 is 2.88 bits per heavy atom. The molecular formula is C13H10N2O2. The number of carboxylic acids is 1. The van der Waals surface area contributed by atoms with E-state index in [-0.39, 0.29) is 5.56 Å². The predicted molar refractivity (Wildman–Crippen MR) is 64.9 cm³/mol. The van der Waals surface area contributed by atoms with Crippen LogP contribution in [0.2, 0.25) is 0 Å². The van der Waals surface area contributed by atoms with Crippen molar-refractivity contribution in [1.82, 2.24) is 4.98 Å². The average molecular weight is 226 g/mol. The molecule has 2 aromatic rings. The van der Waals surface area contributed by atoms with Crippen molar-refractivity contribution in [3.8, 4) is 0 Å². The zero-order valence-electron chi connectivity index (χ0n) is 8.95. The number of aliphatic imine (C=N–C) groups is 1. The van der Waals surface area contributed by atoms with Crippen LogP contribution in [0, 0.1) is 0 Å². The number of aromatic carboxylic acids is 1. The number of nitrogens with zero attached hydrogens (tertiary/aromatic N) is 2. The van der Waals surface area contributed by atoms with Gasteiger partial charge in [-0.3, -0.25) is 9.98 Å². The molecule has 0 saturated heterocycles. The molecule has 1 aromatic carbocycles. The topological polar surface area (TPSA) is 62.5 Å². The normalized spacial score (nSPS) is 10.6. The van der Waals surface area contributed by atoms with E-state index >= 15 is 0 Å². The molecule has 0 amide bonds. The molecule has 1 N–H and O–H groups in total. The fourth-order valence-corrected chi connectivity index (χ4v) is 1.32. The molecule has 1 heterocycles. The second kappa shape index (κ2) is 5.03. The molecule has 0 fully saturated rings. The molecule has 84 valence electrons. The molecule has 0 aliphatic rings. The summed E-state index contributed by atoms with van der Waals surface area (Å²) in [7, 11) is 0. The average Bonchev–Trinajstić information content (AvgIpc) is 2.38. The molecule has 0 aliphatic carbocycles. The molecule has 0 atom stereocenters. The van der Waals surface area contributed by atoms with Crippen LogP contribution in [-0.4, -0.2) is 22.3 Å². The highest BCUT2D eigenvalue weighted by Crippen LogP contribution is 2.14. The number of pyridine rings is 1. The van der Waals surface area contributed by atoms with Crippen molar-refractivity contribution in [2.45, 2.75) is 0 Å². The van der Waals surface area contributed by atoms with Gasteiger partial charge in [-0.1, -0.05) is 12.1 Å². The molecule has 0 saturated carbocycles. The lowest BCUT2D eigenvalue weighted by Gasteiger charge is -1.96. The van der Waals surface area contributed by atoms with E-state index in [1.54, 1.807) is 30.7 Å². The summed E-state index contributed by atoms with van der Waals surface area (Å²) in [6.07, 6.45) is 5.01. The van der Waals surface area contributed by atoms with Crippen LogP contribution in [0.5, 0.6) is 0 Å². The van der Waals surface area contributed by atoms with Crippen LogP contribution < -0.4 is 0 Å². The molecule has 0 radical (unpaired) electrons. The second-order valence-corrected chi connectivity index (χ2v) is 3.40. The van der Waals surface area contributed by atoms with E-state index in [1.165, 1.54) is 12.1 Å². The minimum absolute atomic E-state index is 0.228. The smallest absolute Gasteiger partial charge is 0.335 e. The van der Waals surface area contributed by atoms with Crippen LogP contribution >= 0.6 is 0 Å². The van der Waals surface area contributed by atoms with Gasteiger partial charge in [-0.2, -0.15) is 0 Å². The van der Waals surface area contributed by atoms with E-state index in [2.05, 4.69) is 9.98 Å². The van der Waals surface area contributed by atoms with Gasteiger partial charge in [-0.15, -0.1) is 0 Å². The van der Waals surface area contributed by atoms with Gasteiger partial charge >= 0.3 is 5.97 Å². The van der Waals surface area contributed by atoms with Gasteiger partial charge in [-0.25, -0.2) is 4.79 Å². The van der Waals surface area contributed by atoms with Crippen LogP contribution in [0.15, 0.2) is 53.8 Å². The number of carbonyl (C=O) groups is 1. The van der Waals surface area contributed by atoms with Crippen molar-refractivity contribution >= 4 is 17.9 Å². The monoisotopic (exact) mass is 226 g/mol. The lowest BCUT2D eigenvalue weighted by atomic mass is 10.2. The number of hydrogen-bond acceptors (Lipinski definition) is 3. The largest absolute Gasteiger partial charge is 0.478 e. The molecule has 17 heavy (non-hydrogen) atoms. The summed E-state index contributed by atoms with van der Waals surface area (Å²) < 4.78 is 0. The van der Waals surface area contributed by atoms with Gasteiger partial charge in [0.25, 0.3) is 0 Å². The molecule has 4 heteroatoms. The Hall–Kier alpha value is -2.49. The maximum Gasteiger partial charge on any atom is 0.335 e. The van der Waals surface area contributed by atoms with Crippen molar-refractivity contribution in [3.05, 3.63) is 59.9 Å². The highest BCUT2D eigenvalue weighted by Gasteiger charge is 2.01. The molecule has 2 rings (SSSR count). The SMILES string of the molecule is O=C(O)c1cccc(N=Cc2cccnc2)c1. The van der Waals surface area contributed by atoms with E-state index in [0.29, 0.717) is 5.69 Å². The van der Waals surface area contributed by atoms with Crippen molar-refractivity contribution in [2.75, 3.05) is 0 Å². The summed E-state index contributed by atoms with van der Waals surface area (Å²) in [6, 6.07) is 10.2. The van der Waals surface area contributed by atoms with Crippen LogP contribution in [-0.2, 0) is 0 Å². The van der Waals surface area contributed by atoms with Gasteiger partial charge in [0.15, 0.2) is 0 Å². The number of rotatable bonds is 3. The molecule has 4 nitrogen and oxygen atoms in total. The van der Waals surface area contributed by atoms with E-state index < -0.39 is 5.97 Å². The van der Waals surface area contributed by atoms with Crippen LogP contribution in [0.4, 0.5) is 5.69 Å². The van der Waals surface area contributed by atoms with E-state index in [9.17, 15) is 4.79 Å². The lowest BCUT2D eigenvalue weighted by Crippen LogP contribution is -1.94. The predicted octanol–water partition coefficient (Wildman–Crippen LogP) is 2.53. The lowest BCUT2D eigenvalue weighted by molar-refractivity contribution is 0.0697. The maximum absolute atomic E-state index is 10.8. The summed E-state index contributed by atoms with van der Waals surface area (Å²) in [5, 5.41) is 8.83. The summed E-state index contributed by atoms with van der Waals surface area (Å²) in [6.45, 7) is 0. The highest BCUT2D eigenvalue weighted by molar-refractivity contribution is 5.89. The van der Waals surface area contributed by atoms with Crippen molar-refractivity contribution < 1.29 is 9.90 Å². The van der Waals surface area contributed by atoms with Gasteiger partial charge in [0.1, 0.15) is 0 Å². The zero-order valence-corrected chi connectivity index (χ0v) is 8.95. The number of hydrogen-bond donors (Lipinski definition) is 1. The Bertz CT molecular complexity index is 550. The Kier molecular flexibility index (Phi) is 3.25. The van der Waals surface area contributed by atoms with Crippen molar-refractivity contribution in [3.63, 3.8) is 0 Å². The quantitative estimate of drug-likeness (QED) is 0.818. The first-order valence-corrected chi connectivity index (χ1v) is 5.03. The highest BCUT2D eigenvalue weighted by atomic mass is 16.4. The Labute approximate surface area is 98.3 Å². The van der Waals surface area contributed by atoms with E-state index in [0.717, 1.165) is 5.56 Å². The zero-order chi connectivity index (χ0) is 12.1. The van der Waals surface area contributed by atoms with Crippen LogP contribution in [0.3, 0.4) is 0 Å². The maximum atomic E-state index is 10.8. The minimum Gasteiger partial charge on any atom is -0.478 e. The van der Waals surface area contributed by atoms with E-state index in [1.807, 2.05) is 12.1 Å². The molecule has 0 unspecified atom stereocenters. The second-order valence-electron chi connectivity index (χ2n) is 3.40. The Morgan fingerprint density at radius 1 is 1.29 bits per heavy atom. The third-order valence-corrected chi connectivity index (χ3v) is 2.14. The first kappa shape index (κ1) is 11.0. The summed E-state index contributed by atoms with van der Waals surface area (Å²) in [4.78, 5) is 18.9. The Morgan fingerprint density at radius 2 is 2.18 bits per heavy atom. The minimum atomic E-state index is -0.955. The summed E-state index contributed by atoms with van der Waals surface area (Å²) in [5.41, 5.74) is 1.70.